The number of hydrogen-bond donors (Lipinski definition) is 2. The first-order valence-electron chi connectivity index (χ1n) is 9.35. The third kappa shape index (κ3) is 5.61. The van der Waals surface area contributed by atoms with Crippen molar-refractivity contribution in [2.45, 2.75) is 82.9 Å². The van der Waals surface area contributed by atoms with E-state index in [1.807, 2.05) is 0 Å². The van der Waals surface area contributed by atoms with E-state index in [0.717, 1.165) is 0 Å². The summed E-state index contributed by atoms with van der Waals surface area (Å²) in [5, 5.41) is 6.68. The third-order valence-corrected chi connectivity index (χ3v) is 5.83. The molecule has 2 heterocycles. The summed E-state index contributed by atoms with van der Waals surface area (Å²) in [6.45, 7) is 3.62. The Balaban J connectivity index is 0.00000192. The number of nitrogens with one attached hydrogen (secondary N) is 2. The number of carbonyl (C=O) groups is 1. The van der Waals surface area contributed by atoms with E-state index in [2.05, 4.69) is 17.6 Å². The molecule has 3 rings (SSSR count). The molecule has 2 N–H and O–H groups in total. The Bertz CT molecular complexity index is 368. The van der Waals surface area contributed by atoms with Crippen LogP contribution in [0.2, 0.25) is 0 Å². The summed E-state index contributed by atoms with van der Waals surface area (Å²) in [5.74, 6) is 1.47. The predicted molar refractivity (Wildman–Crippen MR) is 94.9 cm³/mol. The quantitative estimate of drug-likeness (QED) is 0.728. The lowest BCUT2D eigenvalue weighted by atomic mass is 9.88. The smallest absolute Gasteiger partial charge is 0.220 e. The highest BCUT2D eigenvalue weighted by Crippen LogP contribution is 2.32. The van der Waals surface area contributed by atoms with Gasteiger partial charge in [0.25, 0.3) is 0 Å². The van der Waals surface area contributed by atoms with Gasteiger partial charge in [0.1, 0.15) is 0 Å². The summed E-state index contributed by atoms with van der Waals surface area (Å²) in [6.07, 6.45) is 11.2. The molecule has 4 nitrogen and oxygen atoms in total. The molecule has 5 heteroatoms. The van der Waals surface area contributed by atoms with Crippen LogP contribution in [0.5, 0.6) is 0 Å². The van der Waals surface area contributed by atoms with Gasteiger partial charge in [-0.05, 0) is 50.4 Å². The molecule has 23 heavy (non-hydrogen) atoms. The summed E-state index contributed by atoms with van der Waals surface area (Å²) >= 11 is 0. The Morgan fingerprint density at radius 1 is 1.13 bits per heavy atom. The van der Waals surface area contributed by atoms with Crippen LogP contribution in [0.1, 0.15) is 64.7 Å². The number of hydrogen-bond acceptors (Lipinski definition) is 3. The summed E-state index contributed by atoms with van der Waals surface area (Å²) in [6, 6.07) is 1.35. The molecule has 3 aliphatic rings. The SMILES string of the molecule is CC1CCCCC1OCCNC(=O)CC1CC2CCC(C1)N2.Cl. The minimum Gasteiger partial charge on any atom is -0.376 e. The van der Waals surface area contributed by atoms with Crippen LogP contribution in [0.25, 0.3) is 0 Å². The maximum absolute atomic E-state index is 12.1. The highest BCUT2D eigenvalue weighted by Gasteiger charge is 2.34. The van der Waals surface area contributed by atoms with Crippen molar-refractivity contribution in [3.63, 3.8) is 0 Å². The van der Waals surface area contributed by atoms with E-state index in [4.69, 9.17) is 4.74 Å². The number of piperidine rings is 1. The predicted octanol–water partition coefficient (Wildman–Crippen LogP) is 3.04. The number of carbonyl (C=O) groups excluding carboxylic acids is 1. The monoisotopic (exact) mass is 344 g/mol. The molecule has 2 saturated heterocycles. The molecular formula is C18H33ClN2O2. The summed E-state index contributed by atoms with van der Waals surface area (Å²) in [5.41, 5.74) is 0. The molecule has 0 spiro atoms. The molecule has 3 fully saturated rings. The molecule has 2 bridgehead atoms. The second kappa shape index (κ2) is 9.24. The van der Waals surface area contributed by atoms with Gasteiger partial charge in [0.2, 0.25) is 5.91 Å². The van der Waals surface area contributed by atoms with Crippen LogP contribution < -0.4 is 10.6 Å². The van der Waals surface area contributed by atoms with Crippen molar-refractivity contribution in [2.75, 3.05) is 13.2 Å². The van der Waals surface area contributed by atoms with Gasteiger partial charge in [0, 0.05) is 25.0 Å². The fraction of sp³-hybridized carbons (Fsp3) is 0.944. The average molecular weight is 345 g/mol. The fourth-order valence-electron chi connectivity index (χ4n) is 4.61. The van der Waals surface area contributed by atoms with E-state index in [-0.39, 0.29) is 18.3 Å². The van der Waals surface area contributed by atoms with Crippen LogP contribution in [0.3, 0.4) is 0 Å². The van der Waals surface area contributed by atoms with Crippen molar-refractivity contribution >= 4 is 18.3 Å². The van der Waals surface area contributed by atoms with Crippen LogP contribution in [0, 0.1) is 11.8 Å². The van der Waals surface area contributed by atoms with Gasteiger partial charge in [-0.15, -0.1) is 12.4 Å². The van der Waals surface area contributed by atoms with Crippen molar-refractivity contribution in [3.8, 4) is 0 Å². The van der Waals surface area contributed by atoms with Gasteiger partial charge in [0.15, 0.2) is 0 Å². The Morgan fingerprint density at radius 3 is 2.52 bits per heavy atom. The standard InChI is InChI=1S/C18H32N2O2.ClH/c1-13-4-2-3-5-17(13)22-9-8-19-18(21)12-14-10-15-6-7-16(11-14)20-15;/h13-17,20H,2-12H2,1H3,(H,19,21);1H. The Hall–Kier alpha value is -0.320. The van der Waals surface area contributed by atoms with E-state index < -0.39 is 0 Å². The largest absolute Gasteiger partial charge is 0.376 e. The van der Waals surface area contributed by atoms with Crippen LogP contribution in [0.15, 0.2) is 0 Å². The summed E-state index contributed by atoms with van der Waals surface area (Å²) in [7, 11) is 0. The number of halogens is 1. The lowest BCUT2D eigenvalue weighted by Crippen LogP contribution is -2.40. The van der Waals surface area contributed by atoms with Crippen LogP contribution in [-0.2, 0) is 9.53 Å². The lowest BCUT2D eigenvalue weighted by molar-refractivity contribution is -0.122. The van der Waals surface area contributed by atoms with E-state index in [9.17, 15) is 4.79 Å². The van der Waals surface area contributed by atoms with Gasteiger partial charge >= 0.3 is 0 Å². The first-order valence-corrected chi connectivity index (χ1v) is 9.35. The molecule has 4 unspecified atom stereocenters. The van der Waals surface area contributed by atoms with Crippen molar-refractivity contribution in [1.29, 1.82) is 0 Å². The number of rotatable bonds is 6. The van der Waals surface area contributed by atoms with Gasteiger partial charge in [-0.3, -0.25) is 4.79 Å². The third-order valence-electron chi connectivity index (χ3n) is 5.83. The van der Waals surface area contributed by atoms with Gasteiger partial charge in [-0.2, -0.15) is 0 Å². The van der Waals surface area contributed by atoms with Crippen molar-refractivity contribution in [3.05, 3.63) is 0 Å². The van der Waals surface area contributed by atoms with E-state index in [1.165, 1.54) is 51.4 Å². The molecule has 2 aliphatic heterocycles. The lowest BCUT2D eigenvalue weighted by Gasteiger charge is -2.29. The molecule has 4 atom stereocenters. The van der Waals surface area contributed by atoms with Crippen molar-refractivity contribution in [1.82, 2.24) is 10.6 Å². The highest BCUT2D eigenvalue weighted by molar-refractivity contribution is 5.85. The van der Waals surface area contributed by atoms with Crippen molar-refractivity contribution < 1.29 is 9.53 Å². The van der Waals surface area contributed by atoms with Crippen LogP contribution in [0.4, 0.5) is 0 Å². The summed E-state index contributed by atoms with van der Waals surface area (Å²) in [4.78, 5) is 12.1. The first kappa shape index (κ1) is 19.0. The highest BCUT2D eigenvalue weighted by atomic mass is 35.5. The number of ether oxygens (including phenoxy) is 1. The Labute approximate surface area is 146 Å². The zero-order valence-corrected chi connectivity index (χ0v) is 15.2. The zero-order chi connectivity index (χ0) is 15.4. The molecule has 1 aliphatic carbocycles. The van der Waals surface area contributed by atoms with Crippen LogP contribution >= 0.6 is 12.4 Å². The number of fused-ring (bicyclic) bond motifs is 2. The second-order valence-electron chi connectivity index (χ2n) is 7.70. The van der Waals surface area contributed by atoms with Gasteiger partial charge in [0.05, 0.1) is 12.7 Å². The fourth-order valence-corrected chi connectivity index (χ4v) is 4.61. The molecule has 1 saturated carbocycles. The van der Waals surface area contributed by atoms with Gasteiger partial charge in [-0.1, -0.05) is 19.8 Å². The minimum atomic E-state index is 0. The molecule has 0 aromatic rings. The molecular weight excluding hydrogens is 312 g/mol. The number of amides is 1. The normalized spacial score (nSPS) is 36.3. The Morgan fingerprint density at radius 2 is 1.83 bits per heavy atom. The topological polar surface area (TPSA) is 50.4 Å². The minimum absolute atomic E-state index is 0. The maximum Gasteiger partial charge on any atom is 0.220 e. The maximum atomic E-state index is 12.1. The zero-order valence-electron chi connectivity index (χ0n) is 14.4. The second-order valence-corrected chi connectivity index (χ2v) is 7.70. The van der Waals surface area contributed by atoms with E-state index >= 15 is 0 Å². The Kier molecular flexibility index (Phi) is 7.64. The molecule has 0 radical (unpaired) electrons. The molecule has 0 aromatic heterocycles. The van der Waals surface area contributed by atoms with E-state index in [1.54, 1.807) is 0 Å². The van der Waals surface area contributed by atoms with Crippen LogP contribution in [-0.4, -0.2) is 37.2 Å². The molecule has 0 aromatic carbocycles. The first-order chi connectivity index (χ1) is 10.7. The van der Waals surface area contributed by atoms with Gasteiger partial charge < -0.3 is 15.4 Å². The van der Waals surface area contributed by atoms with Gasteiger partial charge in [-0.25, -0.2) is 0 Å². The average Bonchev–Trinajstić information content (AvgIpc) is 2.84. The van der Waals surface area contributed by atoms with E-state index in [0.29, 0.717) is 49.6 Å². The van der Waals surface area contributed by atoms with Crippen molar-refractivity contribution in [2.24, 2.45) is 11.8 Å². The summed E-state index contributed by atoms with van der Waals surface area (Å²) < 4.78 is 5.95. The molecule has 134 valence electrons. The molecule has 1 amide bonds.